The number of hydrogen-bond donors (Lipinski definition) is 2. The molecule has 0 aromatic rings. The van der Waals surface area contributed by atoms with Crippen LogP contribution in [-0.2, 0) is 9.59 Å². The van der Waals surface area contributed by atoms with Gasteiger partial charge in [-0.05, 0) is 18.8 Å². The molecule has 0 aliphatic carbocycles. The van der Waals surface area contributed by atoms with Crippen LogP contribution >= 0.6 is 0 Å². The summed E-state index contributed by atoms with van der Waals surface area (Å²) < 4.78 is 0. The SMILES string of the molecule is C=C(CCCCCC(C)C)C(=O)O.C=CC(=O)O. The molecule has 0 radical (unpaired) electrons. The van der Waals surface area contributed by atoms with Crippen molar-refractivity contribution in [2.75, 3.05) is 0 Å². The van der Waals surface area contributed by atoms with Gasteiger partial charge in [-0.2, -0.15) is 0 Å². The summed E-state index contributed by atoms with van der Waals surface area (Å²) in [6, 6.07) is 0. The predicted molar refractivity (Wildman–Crippen MR) is 72.5 cm³/mol. The summed E-state index contributed by atoms with van der Waals surface area (Å²) in [5.74, 6) is -1.09. The predicted octanol–water partition coefficient (Wildman–Crippen LogP) is 3.49. The minimum Gasteiger partial charge on any atom is -0.478 e. The molecular weight excluding hydrogens is 232 g/mol. The standard InChI is InChI=1S/C11H20O2.C3H4O2/c1-9(2)7-5-4-6-8-10(3)11(12)13;1-2-3(4)5/h9H,3-8H2,1-2H3,(H,12,13);2H,1H2,(H,4,5). The summed E-state index contributed by atoms with van der Waals surface area (Å²) >= 11 is 0. The van der Waals surface area contributed by atoms with Gasteiger partial charge in [-0.3, -0.25) is 0 Å². The first kappa shape index (κ1) is 18.8. The van der Waals surface area contributed by atoms with Gasteiger partial charge in [0, 0.05) is 11.6 Å². The number of hydrogen-bond acceptors (Lipinski definition) is 2. The molecule has 0 bridgehead atoms. The Balaban J connectivity index is 0. The van der Waals surface area contributed by atoms with E-state index in [1.165, 1.54) is 12.8 Å². The highest BCUT2D eigenvalue weighted by molar-refractivity contribution is 5.85. The third-order valence-corrected chi connectivity index (χ3v) is 2.24. The summed E-state index contributed by atoms with van der Waals surface area (Å²) in [7, 11) is 0. The second kappa shape index (κ2) is 11.9. The van der Waals surface area contributed by atoms with E-state index in [0.29, 0.717) is 12.0 Å². The summed E-state index contributed by atoms with van der Waals surface area (Å²) in [5.41, 5.74) is 0.338. The van der Waals surface area contributed by atoms with Crippen LogP contribution in [0.15, 0.2) is 24.8 Å². The Labute approximate surface area is 109 Å². The summed E-state index contributed by atoms with van der Waals surface area (Å²) in [4.78, 5) is 19.6. The van der Waals surface area contributed by atoms with Gasteiger partial charge in [0.05, 0.1) is 0 Å². The van der Waals surface area contributed by atoms with Crippen molar-refractivity contribution in [1.29, 1.82) is 0 Å². The lowest BCUT2D eigenvalue weighted by Crippen LogP contribution is -1.98. The van der Waals surface area contributed by atoms with Gasteiger partial charge in [0.25, 0.3) is 0 Å². The van der Waals surface area contributed by atoms with Gasteiger partial charge in [-0.15, -0.1) is 0 Å². The van der Waals surface area contributed by atoms with Gasteiger partial charge in [-0.25, -0.2) is 9.59 Å². The number of carboxylic acid groups (broad SMARTS) is 2. The smallest absolute Gasteiger partial charge is 0.330 e. The lowest BCUT2D eigenvalue weighted by molar-refractivity contribution is -0.133. The van der Waals surface area contributed by atoms with Crippen molar-refractivity contribution in [3.8, 4) is 0 Å². The second-order valence-corrected chi connectivity index (χ2v) is 4.44. The lowest BCUT2D eigenvalue weighted by Gasteiger charge is -2.03. The molecular formula is C14H24O4. The Kier molecular flexibility index (Phi) is 12.4. The van der Waals surface area contributed by atoms with Crippen LogP contribution in [0.1, 0.15) is 46.0 Å². The zero-order chi connectivity index (χ0) is 14.6. The average Bonchev–Trinajstić information content (AvgIpc) is 2.28. The molecule has 0 heterocycles. The van der Waals surface area contributed by atoms with Crippen LogP contribution in [0.2, 0.25) is 0 Å². The molecule has 0 spiro atoms. The highest BCUT2D eigenvalue weighted by Gasteiger charge is 2.02. The highest BCUT2D eigenvalue weighted by Crippen LogP contribution is 2.12. The first-order chi connectivity index (χ1) is 8.31. The van der Waals surface area contributed by atoms with Gasteiger partial charge >= 0.3 is 11.9 Å². The first-order valence-electron chi connectivity index (χ1n) is 6.07. The van der Waals surface area contributed by atoms with Crippen molar-refractivity contribution in [1.82, 2.24) is 0 Å². The molecule has 0 aromatic heterocycles. The molecule has 104 valence electrons. The van der Waals surface area contributed by atoms with E-state index in [2.05, 4.69) is 27.0 Å². The molecule has 0 aromatic carbocycles. The van der Waals surface area contributed by atoms with Crippen LogP contribution in [0, 0.1) is 5.92 Å². The Hall–Kier alpha value is -1.58. The maximum atomic E-state index is 10.4. The fourth-order valence-corrected chi connectivity index (χ4v) is 1.17. The van der Waals surface area contributed by atoms with Gasteiger partial charge in [0.15, 0.2) is 0 Å². The van der Waals surface area contributed by atoms with Crippen LogP contribution in [0.25, 0.3) is 0 Å². The average molecular weight is 256 g/mol. The van der Waals surface area contributed by atoms with Crippen LogP contribution in [0.5, 0.6) is 0 Å². The van der Waals surface area contributed by atoms with E-state index in [4.69, 9.17) is 10.2 Å². The minimum absolute atomic E-state index is 0.338. The quantitative estimate of drug-likeness (QED) is 0.515. The Morgan fingerprint density at radius 1 is 1.17 bits per heavy atom. The largest absolute Gasteiger partial charge is 0.478 e. The number of aliphatic carboxylic acids is 2. The zero-order valence-corrected chi connectivity index (χ0v) is 11.3. The first-order valence-corrected chi connectivity index (χ1v) is 6.07. The van der Waals surface area contributed by atoms with E-state index < -0.39 is 11.9 Å². The molecule has 0 unspecified atom stereocenters. The molecule has 0 aliphatic heterocycles. The molecule has 0 saturated heterocycles. The molecule has 0 aliphatic rings. The molecule has 0 rings (SSSR count). The number of carbonyl (C=O) groups is 2. The topological polar surface area (TPSA) is 74.6 Å². The molecule has 0 amide bonds. The maximum Gasteiger partial charge on any atom is 0.330 e. The van der Waals surface area contributed by atoms with E-state index in [0.717, 1.165) is 24.8 Å². The second-order valence-electron chi connectivity index (χ2n) is 4.44. The maximum absolute atomic E-state index is 10.4. The van der Waals surface area contributed by atoms with E-state index >= 15 is 0 Å². The molecule has 0 fully saturated rings. The molecule has 18 heavy (non-hydrogen) atoms. The van der Waals surface area contributed by atoms with Crippen molar-refractivity contribution < 1.29 is 19.8 Å². The summed E-state index contributed by atoms with van der Waals surface area (Å²) in [6.07, 6.45) is 5.97. The number of carboxylic acids is 2. The van der Waals surface area contributed by atoms with E-state index in [9.17, 15) is 9.59 Å². The molecule has 4 nitrogen and oxygen atoms in total. The number of unbranched alkanes of at least 4 members (excludes halogenated alkanes) is 2. The Morgan fingerprint density at radius 3 is 2.00 bits per heavy atom. The third-order valence-electron chi connectivity index (χ3n) is 2.24. The number of rotatable bonds is 8. The van der Waals surface area contributed by atoms with E-state index in [1.54, 1.807) is 0 Å². The monoisotopic (exact) mass is 256 g/mol. The fourth-order valence-electron chi connectivity index (χ4n) is 1.17. The molecule has 0 saturated carbocycles. The normalized spacial score (nSPS) is 9.28. The van der Waals surface area contributed by atoms with Crippen molar-refractivity contribution in [3.05, 3.63) is 24.8 Å². The van der Waals surface area contributed by atoms with Crippen LogP contribution < -0.4 is 0 Å². The Bertz CT molecular complexity index is 280. The van der Waals surface area contributed by atoms with Crippen LogP contribution in [0.3, 0.4) is 0 Å². The molecule has 4 heteroatoms. The van der Waals surface area contributed by atoms with Gasteiger partial charge in [-0.1, -0.05) is 46.3 Å². The lowest BCUT2D eigenvalue weighted by atomic mass is 10.0. The molecule has 0 atom stereocenters. The zero-order valence-electron chi connectivity index (χ0n) is 11.3. The van der Waals surface area contributed by atoms with Crippen molar-refractivity contribution in [2.45, 2.75) is 46.0 Å². The van der Waals surface area contributed by atoms with Gasteiger partial charge < -0.3 is 10.2 Å². The fraction of sp³-hybridized carbons (Fsp3) is 0.571. The van der Waals surface area contributed by atoms with Crippen molar-refractivity contribution in [2.24, 2.45) is 5.92 Å². The summed E-state index contributed by atoms with van der Waals surface area (Å²) in [5, 5.41) is 16.1. The molecule has 2 N–H and O–H groups in total. The Morgan fingerprint density at radius 2 is 1.67 bits per heavy atom. The van der Waals surface area contributed by atoms with Crippen molar-refractivity contribution >= 4 is 11.9 Å². The van der Waals surface area contributed by atoms with Crippen molar-refractivity contribution in [3.63, 3.8) is 0 Å². The van der Waals surface area contributed by atoms with E-state index in [1.807, 2.05) is 0 Å². The van der Waals surface area contributed by atoms with Crippen LogP contribution in [0.4, 0.5) is 0 Å². The summed E-state index contributed by atoms with van der Waals surface area (Å²) in [6.45, 7) is 10.9. The third kappa shape index (κ3) is 16.8. The van der Waals surface area contributed by atoms with Crippen LogP contribution in [-0.4, -0.2) is 22.2 Å². The highest BCUT2D eigenvalue weighted by atomic mass is 16.4. The van der Waals surface area contributed by atoms with Gasteiger partial charge in [0.2, 0.25) is 0 Å². The van der Waals surface area contributed by atoms with Gasteiger partial charge in [0.1, 0.15) is 0 Å². The minimum atomic E-state index is -0.981. The van der Waals surface area contributed by atoms with E-state index in [-0.39, 0.29) is 0 Å².